The Bertz CT molecular complexity index is 505. The Hall–Kier alpha value is -1.42. The van der Waals surface area contributed by atoms with Crippen LogP contribution in [0.2, 0.25) is 0 Å². The van der Waals surface area contributed by atoms with E-state index in [4.69, 9.17) is 0 Å². The van der Waals surface area contributed by atoms with Crippen LogP contribution in [0, 0.1) is 13.8 Å². The fourth-order valence-electron chi connectivity index (χ4n) is 1.51. The molecule has 0 atom stereocenters. The molecule has 0 saturated heterocycles. The number of thiazole rings is 1. The minimum absolute atomic E-state index is 0.102. The molecular formula is C12H14N2OS. The number of hydrogen-bond acceptors (Lipinski definition) is 3. The van der Waals surface area contributed by atoms with Crippen molar-refractivity contribution in [1.82, 2.24) is 9.55 Å². The van der Waals surface area contributed by atoms with E-state index < -0.39 is 0 Å². The molecule has 4 heteroatoms. The van der Waals surface area contributed by atoms with E-state index in [2.05, 4.69) is 11.9 Å². The first-order valence-electron chi connectivity index (χ1n) is 5.16. The molecule has 0 N–H and O–H groups in total. The molecule has 0 unspecified atom stereocenters. The maximum absolute atomic E-state index is 11.1. The molecule has 0 aliphatic carbocycles. The van der Waals surface area contributed by atoms with Gasteiger partial charge >= 0.3 is 0 Å². The minimum Gasteiger partial charge on any atom is -0.347 e. The van der Waals surface area contributed by atoms with Gasteiger partial charge in [0.05, 0.1) is 12.2 Å². The molecule has 0 aromatic carbocycles. The van der Waals surface area contributed by atoms with Crippen LogP contribution in [0.25, 0.3) is 0 Å². The monoisotopic (exact) mass is 234 g/mol. The van der Waals surface area contributed by atoms with E-state index in [-0.39, 0.29) is 5.78 Å². The Kier molecular flexibility index (Phi) is 2.92. The smallest absolute Gasteiger partial charge is 0.161 e. The zero-order chi connectivity index (χ0) is 11.7. The molecule has 0 spiro atoms. The summed E-state index contributed by atoms with van der Waals surface area (Å²) in [7, 11) is 0. The van der Waals surface area contributed by atoms with Gasteiger partial charge < -0.3 is 4.57 Å². The largest absolute Gasteiger partial charge is 0.347 e. The molecule has 3 nitrogen and oxygen atoms in total. The number of carbonyl (C=O) groups excluding carboxylic acids is 1. The Morgan fingerprint density at radius 3 is 2.75 bits per heavy atom. The average molecular weight is 234 g/mol. The highest BCUT2D eigenvalue weighted by Gasteiger charge is 2.06. The summed E-state index contributed by atoms with van der Waals surface area (Å²) < 4.78 is 1.99. The molecule has 0 aliphatic heterocycles. The maximum Gasteiger partial charge on any atom is 0.161 e. The van der Waals surface area contributed by atoms with Crippen molar-refractivity contribution in [1.29, 1.82) is 0 Å². The molecule has 0 radical (unpaired) electrons. The summed E-state index contributed by atoms with van der Waals surface area (Å²) in [5.41, 5.74) is 1.85. The first-order chi connectivity index (χ1) is 7.56. The van der Waals surface area contributed by atoms with Crippen LogP contribution >= 0.6 is 11.3 Å². The number of aromatic nitrogens is 2. The SMILES string of the molecule is CC(=O)c1ccn(Cc2nc(C)c(C)s2)c1. The molecule has 0 saturated carbocycles. The van der Waals surface area contributed by atoms with Crippen molar-refractivity contribution in [3.8, 4) is 0 Å². The van der Waals surface area contributed by atoms with Gasteiger partial charge in [0.25, 0.3) is 0 Å². The Morgan fingerprint density at radius 2 is 2.25 bits per heavy atom. The van der Waals surface area contributed by atoms with Gasteiger partial charge in [-0.2, -0.15) is 0 Å². The second-order valence-corrected chi connectivity index (χ2v) is 5.17. The molecule has 16 heavy (non-hydrogen) atoms. The van der Waals surface area contributed by atoms with E-state index in [1.165, 1.54) is 4.88 Å². The fourth-order valence-corrected chi connectivity index (χ4v) is 2.45. The zero-order valence-electron chi connectivity index (χ0n) is 9.65. The second-order valence-electron chi connectivity index (χ2n) is 3.88. The van der Waals surface area contributed by atoms with Gasteiger partial charge in [0.2, 0.25) is 0 Å². The van der Waals surface area contributed by atoms with E-state index in [1.54, 1.807) is 18.3 Å². The molecule has 84 valence electrons. The Labute approximate surface area is 98.8 Å². The van der Waals surface area contributed by atoms with Crippen molar-refractivity contribution >= 4 is 17.1 Å². The first kappa shape index (κ1) is 11.1. The Balaban J connectivity index is 2.17. The van der Waals surface area contributed by atoms with Gasteiger partial charge in [0, 0.05) is 22.8 Å². The van der Waals surface area contributed by atoms with Crippen LogP contribution < -0.4 is 0 Å². The molecule has 2 heterocycles. The number of nitrogens with zero attached hydrogens (tertiary/aromatic N) is 2. The molecular weight excluding hydrogens is 220 g/mol. The summed E-state index contributed by atoms with van der Waals surface area (Å²) in [5.74, 6) is 0.102. The highest BCUT2D eigenvalue weighted by molar-refractivity contribution is 7.11. The van der Waals surface area contributed by atoms with Gasteiger partial charge in [-0.15, -0.1) is 11.3 Å². The lowest BCUT2D eigenvalue weighted by atomic mass is 10.2. The van der Waals surface area contributed by atoms with E-state index in [1.807, 2.05) is 30.0 Å². The molecule has 0 amide bonds. The highest BCUT2D eigenvalue weighted by atomic mass is 32.1. The van der Waals surface area contributed by atoms with Crippen LogP contribution in [-0.2, 0) is 6.54 Å². The number of rotatable bonds is 3. The number of Topliss-reactive ketones (excluding diaryl/α,β-unsaturated/α-hetero) is 1. The second kappa shape index (κ2) is 4.22. The summed E-state index contributed by atoms with van der Waals surface area (Å²) in [6.07, 6.45) is 3.79. The topological polar surface area (TPSA) is 34.9 Å². The lowest BCUT2D eigenvalue weighted by Crippen LogP contribution is -1.96. The van der Waals surface area contributed by atoms with Crippen LogP contribution in [0.1, 0.15) is 32.9 Å². The predicted octanol–water partition coefficient (Wildman–Crippen LogP) is 2.81. The lowest BCUT2D eigenvalue weighted by molar-refractivity contribution is 0.101. The van der Waals surface area contributed by atoms with Crippen LogP contribution in [0.3, 0.4) is 0 Å². The third kappa shape index (κ3) is 2.22. The molecule has 0 fully saturated rings. The van der Waals surface area contributed by atoms with E-state index in [0.717, 1.165) is 22.8 Å². The molecule has 2 rings (SSSR count). The zero-order valence-corrected chi connectivity index (χ0v) is 10.5. The van der Waals surface area contributed by atoms with Gasteiger partial charge in [-0.3, -0.25) is 4.79 Å². The van der Waals surface area contributed by atoms with E-state index >= 15 is 0 Å². The molecule has 2 aromatic rings. The summed E-state index contributed by atoms with van der Waals surface area (Å²) in [4.78, 5) is 16.9. The van der Waals surface area contributed by atoms with Gasteiger partial charge in [0.15, 0.2) is 5.78 Å². The summed E-state index contributed by atoms with van der Waals surface area (Å²) >= 11 is 1.71. The highest BCUT2D eigenvalue weighted by Crippen LogP contribution is 2.17. The summed E-state index contributed by atoms with van der Waals surface area (Å²) in [5, 5.41) is 1.08. The number of carbonyl (C=O) groups is 1. The minimum atomic E-state index is 0.102. The van der Waals surface area contributed by atoms with Crippen LogP contribution in [0.4, 0.5) is 0 Å². The van der Waals surface area contributed by atoms with Gasteiger partial charge in [0.1, 0.15) is 5.01 Å². The van der Waals surface area contributed by atoms with Crippen LogP contribution in [-0.4, -0.2) is 15.3 Å². The number of aryl methyl sites for hydroxylation is 2. The third-order valence-electron chi connectivity index (χ3n) is 2.55. The van der Waals surface area contributed by atoms with Crippen molar-refractivity contribution in [2.75, 3.05) is 0 Å². The average Bonchev–Trinajstić information content (AvgIpc) is 2.76. The molecule has 0 aliphatic rings. The van der Waals surface area contributed by atoms with Crippen LogP contribution in [0.15, 0.2) is 18.5 Å². The van der Waals surface area contributed by atoms with Crippen molar-refractivity contribution < 1.29 is 4.79 Å². The van der Waals surface area contributed by atoms with E-state index in [0.29, 0.717) is 0 Å². The third-order valence-corrected chi connectivity index (χ3v) is 3.61. The number of ketones is 1. The standard InChI is InChI=1S/C12H14N2OS/c1-8-10(3)16-12(13-8)7-14-5-4-11(6-14)9(2)15/h4-6H,7H2,1-3H3. The quantitative estimate of drug-likeness (QED) is 0.765. The van der Waals surface area contributed by atoms with Gasteiger partial charge in [-0.05, 0) is 26.8 Å². The normalized spacial score (nSPS) is 10.7. The van der Waals surface area contributed by atoms with Gasteiger partial charge in [-0.25, -0.2) is 4.98 Å². The first-order valence-corrected chi connectivity index (χ1v) is 5.97. The fraction of sp³-hybridized carbons (Fsp3) is 0.333. The van der Waals surface area contributed by atoms with Crippen LogP contribution in [0.5, 0.6) is 0 Å². The van der Waals surface area contributed by atoms with Gasteiger partial charge in [-0.1, -0.05) is 0 Å². The van der Waals surface area contributed by atoms with Crippen molar-refractivity contribution in [2.24, 2.45) is 0 Å². The summed E-state index contributed by atoms with van der Waals surface area (Å²) in [6, 6.07) is 1.84. The van der Waals surface area contributed by atoms with Crippen molar-refractivity contribution in [2.45, 2.75) is 27.3 Å². The maximum atomic E-state index is 11.1. The predicted molar refractivity (Wildman–Crippen MR) is 65.1 cm³/mol. The van der Waals surface area contributed by atoms with Crippen molar-refractivity contribution in [3.05, 3.63) is 39.6 Å². The molecule has 2 aromatic heterocycles. The summed E-state index contributed by atoms with van der Waals surface area (Å²) in [6.45, 7) is 6.42. The molecule has 0 bridgehead atoms. The van der Waals surface area contributed by atoms with Crippen molar-refractivity contribution in [3.63, 3.8) is 0 Å². The van der Waals surface area contributed by atoms with E-state index in [9.17, 15) is 4.79 Å². The lowest BCUT2D eigenvalue weighted by Gasteiger charge is -1.97. The Morgan fingerprint density at radius 1 is 1.50 bits per heavy atom. The number of hydrogen-bond donors (Lipinski definition) is 0.